The summed E-state index contributed by atoms with van der Waals surface area (Å²) >= 11 is 0.524. The van der Waals surface area contributed by atoms with Gasteiger partial charge in [-0.2, -0.15) is 13.2 Å². The third-order valence-electron chi connectivity index (χ3n) is 3.80. The van der Waals surface area contributed by atoms with Crippen LogP contribution >= 0.6 is 19.4 Å². The maximum Gasteiger partial charge on any atom is 0.414 e. The topological polar surface area (TPSA) is 52.6 Å². The zero-order chi connectivity index (χ0) is 16.6. The number of rotatable bonds is 5. The van der Waals surface area contributed by atoms with Gasteiger partial charge in [0.2, 0.25) is 4.49 Å². The van der Waals surface area contributed by atoms with Gasteiger partial charge in [0.15, 0.2) is 5.78 Å². The van der Waals surface area contributed by atoms with Crippen molar-refractivity contribution >= 4 is 25.1 Å². The molecule has 1 aliphatic heterocycles. The number of carbonyl (C=O) groups excluding carboxylic acids is 1. The largest absolute Gasteiger partial charge is 0.414 e. The lowest BCUT2D eigenvalue weighted by Crippen LogP contribution is -2.47. The van der Waals surface area contributed by atoms with Crippen LogP contribution in [0.3, 0.4) is 0 Å². The number of ketones is 1. The van der Waals surface area contributed by atoms with Gasteiger partial charge in [-0.15, -0.1) is 11.8 Å². The second-order valence-corrected chi connectivity index (χ2v) is 9.05. The molecule has 126 valence electrons. The van der Waals surface area contributed by atoms with E-state index in [9.17, 15) is 22.5 Å². The van der Waals surface area contributed by atoms with Crippen molar-refractivity contribution in [1.29, 1.82) is 0 Å². The molecular formula is C13H18F3O4PS. The Morgan fingerprint density at radius 3 is 2.45 bits per heavy atom. The van der Waals surface area contributed by atoms with Gasteiger partial charge in [0.1, 0.15) is 0 Å². The number of fused-ring (bicyclic) bond motifs is 1. The van der Waals surface area contributed by atoms with Crippen LogP contribution in [0.25, 0.3) is 0 Å². The van der Waals surface area contributed by atoms with Crippen molar-refractivity contribution in [3.63, 3.8) is 0 Å². The van der Waals surface area contributed by atoms with Crippen LogP contribution in [-0.2, 0) is 18.4 Å². The van der Waals surface area contributed by atoms with Gasteiger partial charge in [-0.05, 0) is 32.3 Å². The molecule has 1 heterocycles. The van der Waals surface area contributed by atoms with E-state index in [-0.39, 0.29) is 31.2 Å². The number of thioether (sulfide) groups is 1. The Bertz CT molecular complexity index is 524. The number of hydrogen-bond donors (Lipinski definition) is 0. The molecule has 1 aliphatic carbocycles. The predicted molar refractivity (Wildman–Crippen MR) is 77.9 cm³/mol. The van der Waals surface area contributed by atoms with Crippen LogP contribution < -0.4 is 0 Å². The van der Waals surface area contributed by atoms with Crippen LogP contribution in [0, 0.1) is 5.92 Å². The molecule has 0 aromatic carbocycles. The van der Waals surface area contributed by atoms with Crippen molar-refractivity contribution in [3.8, 4) is 0 Å². The summed E-state index contributed by atoms with van der Waals surface area (Å²) in [6.07, 6.45) is -3.76. The van der Waals surface area contributed by atoms with Crippen molar-refractivity contribution in [3.05, 3.63) is 11.6 Å². The standard InChI is InChI=1S/C13H18F3O4PS/c1-3-19-21(18,20-4-2)12(13(14,15)16)7-9-5-11(17)6-10(9)8-22-12/h6,9H,3-5,7-8H2,1-2H3/t9-,12-/m0/s1. The first-order valence-electron chi connectivity index (χ1n) is 7.02. The molecule has 0 radical (unpaired) electrons. The minimum atomic E-state index is -4.76. The maximum atomic E-state index is 13.8. The van der Waals surface area contributed by atoms with Crippen LogP contribution in [-0.4, -0.2) is 35.4 Å². The van der Waals surface area contributed by atoms with Gasteiger partial charge in [0.25, 0.3) is 0 Å². The van der Waals surface area contributed by atoms with Crippen LogP contribution in [0.1, 0.15) is 26.7 Å². The molecule has 1 saturated heterocycles. The zero-order valence-electron chi connectivity index (χ0n) is 12.3. The normalized spacial score (nSPS) is 29.4. The number of hydrogen-bond acceptors (Lipinski definition) is 5. The van der Waals surface area contributed by atoms with Crippen molar-refractivity contribution < 1.29 is 31.6 Å². The van der Waals surface area contributed by atoms with E-state index in [1.54, 1.807) is 0 Å². The monoisotopic (exact) mass is 358 g/mol. The lowest BCUT2D eigenvalue weighted by atomic mass is 9.95. The maximum absolute atomic E-state index is 13.8. The molecule has 2 atom stereocenters. The summed E-state index contributed by atoms with van der Waals surface area (Å²) < 4.78 is 61.8. The minimum absolute atomic E-state index is 0.0139. The van der Waals surface area contributed by atoms with Crippen molar-refractivity contribution in [2.45, 2.75) is 37.4 Å². The summed E-state index contributed by atoms with van der Waals surface area (Å²) in [7, 11) is -4.42. The van der Waals surface area contributed by atoms with Gasteiger partial charge < -0.3 is 9.05 Å². The molecule has 0 aromatic heterocycles. The van der Waals surface area contributed by atoms with Crippen LogP contribution in [0.15, 0.2) is 11.6 Å². The number of halogens is 3. The Labute approximate surface area is 131 Å². The summed E-state index contributed by atoms with van der Waals surface area (Å²) in [5.41, 5.74) is 0.689. The Morgan fingerprint density at radius 2 is 1.95 bits per heavy atom. The third-order valence-corrected chi connectivity index (χ3v) is 8.73. The molecule has 1 fully saturated rings. The van der Waals surface area contributed by atoms with Crippen molar-refractivity contribution in [1.82, 2.24) is 0 Å². The fourth-order valence-electron chi connectivity index (χ4n) is 2.85. The third kappa shape index (κ3) is 2.90. The molecule has 0 spiro atoms. The molecule has 0 amide bonds. The number of carbonyl (C=O) groups is 1. The molecule has 0 aromatic rings. The molecule has 2 aliphatic rings. The number of alkyl halides is 3. The van der Waals surface area contributed by atoms with E-state index in [0.717, 1.165) is 0 Å². The SMILES string of the molecule is CCOP(=O)(OCC)[C@@]1(C(F)(F)F)C[C@@H]2CC(=O)C=C2CS1. The first kappa shape index (κ1) is 18.0. The van der Waals surface area contributed by atoms with E-state index in [1.807, 2.05) is 0 Å². The van der Waals surface area contributed by atoms with Gasteiger partial charge in [0.05, 0.1) is 13.2 Å². The highest BCUT2D eigenvalue weighted by atomic mass is 32.2. The summed E-state index contributed by atoms with van der Waals surface area (Å²) in [5.74, 6) is -0.703. The lowest BCUT2D eigenvalue weighted by Gasteiger charge is -2.44. The Balaban J connectivity index is 2.44. The first-order chi connectivity index (χ1) is 10.2. The highest BCUT2D eigenvalue weighted by Crippen LogP contribution is 2.74. The van der Waals surface area contributed by atoms with Gasteiger partial charge in [-0.1, -0.05) is 5.57 Å². The lowest BCUT2D eigenvalue weighted by molar-refractivity contribution is -0.148. The fraction of sp³-hybridized carbons (Fsp3) is 0.769. The quantitative estimate of drug-likeness (QED) is 0.691. The van der Waals surface area contributed by atoms with Crippen LogP contribution in [0.2, 0.25) is 0 Å². The molecule has 0 saturated carbocycles. The number of allylic oxidation sites excluding steroid dienone is 1. The summed E-state index contributed by atoms with van der Waals surface area (Å²) in [6.45, 7) is 2.69. The molecule has 4 nitrogen and oxygen atoms in total. The van der Waals surface area contributed by atoms with Gasteiger partial charge in [0, 0.05) is 12.2 Å². The zero-order valence-corrected chi connectivity index (χ0v) is 14.0. The molecule has 2 rings (SSSR count). The van der Waals surface area contributed by atoms with E-state index >= 15 is 0 Å². The molecule has 22 heavy (non-hydrogen) atoms. The Kier molecular flexibility index (Phi) is 5.17. The molecule has 0 unspecified atom stereocenters. The Hall–Kier alpha value is -0.300. The van der Waals surface area contributed by atoms with Gasteiger partial charge >= 0.3 is 13.8 Å². The average molecular weight is 358 g/mol. The highest BCUT2D eigenvalue weighted by Gasteiger charge is 2.70. The first-order valence-corrected chi connectivity index (χ1v) is 9.55. The van der Waals surface area contributed by atoms with E-state index in [1.165, 1.54) is 19.9 Å². The molecular weight excluding hydrogens is 340 g/mol. The van der Waals surface area contributed by atoms with E-state index in [0.29, 0.717) is 17.3 Å². The average Bonchev–Trinajstić information content (AvgIpc) is 2.76. The van der Waals surface area contributed by atoms with Crippen molar-refractivity contribution in [2.24, 2.45) is 5.92 Å². The summed E-state index contributed by atoms with van der Waals surface area (Å²) in [5, 5.41) is 0. The van der Waals surface area contributed by atoms with Gasteiger partial charge in [-0.25, -0.2) is 0 Å². The predicted octanol–water partition coefficient (Wildman–Crippen LogP) is 4.16. The van der Waals surface area contributed by atoms with Gasteiger partial charge in [-0.3, -0.25) is 9.36 Å². The summed E-state index contributed by atoms with van der Waals surface area (Å²) in [4.78, 5) is 11.5. The second-order valence-electron chi connectivity index (χ2n) is 5.19. The minimum Gasteiger partial charge on any atom is -0.308 e. The Morgan fingerprint density at radius 1 is 1.36 bits per heavy atom. The smallest absolute Gasteiger partial charge is 0.308 e. The van der Waals surface area contributed by atoms with Crippen molar-refractivity contribution in [2.75, 3.05) is 19.0 Å². The fourth-order valence-corrected chi connectivity index (χ4v) is 7.12. The molecule has 0 N–H and O–H groups in total. The highest BCUT2D eigenvalue weighted by molar-refractivity contribution is 8.06. The molecule has 9 heteroatoms. The van der Waals surface area contributed by atoms with Crippen LogP contribution in [0.4, 0.5) is 13.2 Å². The second kappa shape index (κ2) is 6.30. The molecule has 0 bridgehead atoms. The van der Waals surface area contributed by atoms with Crippen LogP contribution in [0.5, 0.6) is 0 Å². The van der Waals surface area contributed by atoms with E-state index < -0.39 is 30.6 Å². The summed E-state index contributed by atoms with van der Waals surface area (Å²) in [6, 6.07) is 0. The van der Waals surface area contributed by atoms with E-state index in [4.69, 9.17) is 9.05 Å². The van der Waals surface area contributed by atoms with E-state index in [2.05, 4.69) is 0 Å².